The molecule has 3 aromatic carbocycles. The van der Waals surface area contributed by atoms with E-state index in [2.05, 4.69) is 11.9 Å². The van der Waals surface area contributed by atoms with E-state index in [1.54, 1.807) is 34.1 Å². The van der Waals surface area contributed by atoms with Gasteiger partial charge in [0, 0.05) is 44.3 Å². The summed E-state index contributed by atoms with van der Waals surface area (Å²) < 4.78 is 39.1. The van der Waals surface area contributed by atoms with Crippen molar-refractivity contribution in [2.45, 2.75) is 32.0 Å². The molecule has 43 heavy (non-hydrogen) atoms. The number of piperidine rings is 1. The van der Waals surface area contributed by atoms with Crippen LogP contribution >= 0.6 is 12.2 Å². The van der Waals surface area contributed by atoms with Crippen LogP contribution in [0.1, 0.15) is 40.7 Å². The van der Waals surface area contributed by atoms with Crippen molar-refractivity contribution in [2.75, 3.05) is 26.2 Å². The van der Waals surface area contributed by atoms with Gasteiger partial charge in [-0.05, 0) is 54.2 Å². The number of hydrogen-bond donors (Lipinski definition) is 2. The van der Waals surface area contributed by atoms with Crippen molar-refractivity contribution in [3.63, 3.8) is 0 Å². The molecular weight excluding hydrogens is 575 g/mol. The van der Waals surface area contributed by atoms with E-state index in [0.717, 1.165) is 17.7 Å². The largest absolute Gasteiger partial charge is 0.416 e. The topological polar surface area (TPSA) is 72.9 Å². The summed E-state index contributed by atoms with van der Waals surface area (Å²) in [5, 5.41) is 12.3. The third-order valence-electron chi connectivity index (χ3n) is 7.46. The van der Waals surface area contributed by atoms with Crippen LogP contribution in [0.2, 0.25) is 0 Å². The summed E-state index contributed by atoms with van der Waals surface area (Å²) in [5.41, 5.74) is 1.88. The van der Waals surface area contributed by atoms with Gasteiger partial charge in [0.25, 0.3) is 11.8 Å². The molecule has 2 amide bonds. The fourth-order valence-electron chi connectivity index (χ4n) is 5.09. The zero-order valence-corrected chi connectivity index (χ0v) is 24.5. The van der Waals surface area contributed by atoms with Gasteiger partial charge >= 0.3 is 6.18 Å². The Morgan fingerprint density at radius 1 is 0.977 bits per heavy atom. The Bertz CT molecular complexity index is 1440. The first-order valence-corrected chi connectivity index (χ1v) is 14.5. The number of likely N-dealkylation sites (tertiary alicyclic amines) is 1. The lowest BCUT2D eigenvalue weighted by molar-refractivity contribution is -0.137. The average molecular weight is 610 g/mol. The number of carbonyl (C=O) groups is 2. The summed E-state index contributed by atoms with van der Waals surface area (Å²) in [6.45, 7) is 5.49. The van der Waals surface area contributed by atoms with Crippen LogP contribution in [0.3, 0.4) is 0 Å². The molecule has 10 heteroatoms. The Hall–Kier alpha value is -4.02. The molecule has 0 aliphatic carbocycles. The highest BCUT2D eigenvalue weighted by Crippen LogP contribution is 2.32. The minimum atomic E-state index is -4.44. The van der Waals surface area contributed by atoms with Gasteiger partial charge in [0.2, 0.25) is 0 Å². The summed E-state index contributed by atoms with van der Waals surface area (Å²) in [4.78, 5) is 30.5. The number of aliphatic hydroxyl groups is 1. The van der Waals surface area contributed by atoms with Crippen molar-refractivity contribution in [3.05, 3.63) is 108 Å². The molecule has 1 fully saturated rings. The summed E-state index contributed by atoms with van der Waals surface area (Å²) >= 11 is 5.63. The van der Waals surface area contributed by atoms with Crippen LogP contribution in [-0.2, 0) is 17.5 Å². The van der Waals surface area contributed by atoms with Gasteiger partial charge in [-0.25, -0.2) is 0 Å². The van der Waals surface area contributed by atoms with E-state index >= 15 is 0 Å². The first-order valence-electron chi connectivity index (χ1n) is 14.1. The Balaban J connectivity index is 1.35. The first-order chi connectivity index (χ1) is 20.6. The number of hydrogen-bond acceptors (Lipinski definition) is 4. The van der Waals surface area contributed by atoms with Crippen molar-refractivity contribution in [1.29, 1.82) is 0 Å². The number of thiocarbonyl (C=S) groups is 1. The maximum absolute atomic E-state index is 13.5. The Morgan fingerprint density at radius 3 is 2.23 bits per heavy atom. The second-order valence-electron chi connectivity index (χ2n) is 10.4. The van der Waals surface area contributed by atoms with Gasteiger partial charge in [0.15, 0.2) is 0 Å². The van der Waals surface area contributed by atoms with E-state index in [9.17, 15) is 27.9 Å². The lowest BCUT2D eigenvalue weighted by atomic mass is 9.94. The normalized spacial score (nSPS) is 13.8. The van der Waals surface area contributed by atoms with Gasteiger partial charge in [0.05, 0.1) is 16.2 Å². The van der Waals surface area contributed by atoms with E-state index in [1.165, 1.54) is 12.1 Å². The van der Waals surface area contributed by atoms with Crippen molar-refractivity contribution < 1.29 is 27.9 Å². The second kappa shape index (κ2) is 14.4. The molecule has 6 nitrogen and oxygen atoms in total. The van der Waals surface area contributed by atoms with E-state index in [0.29, 0.717) is 67.1 Å². The molecular formula is C33H34F3N3O3S. The number of nitrogens with one attached hydrogen (secondary N) is 1. The molecule has 2 N–H and O–H groups in total. The van der Waals surface area contributed by atoms with Crippen LogP contribution in [0.25, 0.3) is 11.1 Å². The van der Waals surface area contributed by atoms with E-state index in [1.807, 2.05) is 30.3 Å². The highest BCUT2D eigenvalue weighted by Gasteiger charge is 2.31. The average Bonchev–Trinajstić information content (AvgIpc) is 3.02. The Labute approximate surface area is 254 Å². The molecule has 3 aromatic rings. The minimum Gasteiger partial charge on any atom is -0.396 e. The molecule has 0 unspecified atom stereocenters. The van der Waals surface area contributed by atoms with Crippen LogP contribution in [0, 0.1) is 5.92 Å². The van der Waals surface area contributed by atoms with Crippen molar-refractivity contribution in [2.24, 2.45) is 5.92 Å². The van der Waals surface area contributed by atoms with Gasteiger partial charge < -0.3 is 20.2 Å². The molecule has 4 rings (SSSR count). The highest BCUT2D eigenvalue weighted by atomic mass is 32.1. The fourth-order valence-corrected chi connectivity index (χ4v) is 5.45. The molecule has 0 aromatic heterocycles. The number of halogens is 3. The van der Waals surface area contributed by atoms with E-state index in [4.69, 9.17) is 12.2 Å². The first kappa shape index (κ1) is 31.9. The summed E-state index contributed by atoms with van der Waals surface area (Å²) in [6.07, 6.45) is -2.83. The molecule has 0 spiro atoms. The molecule has 1 aliphatic rings. The van der Waals surface area contributed by atoms with Gasteiger partial charge in [-0.2, -0.15) is 13.2 Å². The molecule has 1 saturated heterocycles. The summed E-state index contributed by atoms with van der Waals surface area (Å²) in [6, 6.07) is 21.2. The van der Waals surface area contributed by atoms with E-state index in [-0.39, 0.29) is 30.0 Å². The van der Waals surface area contributed by atoms with Crippen LogP contribution in [-0.4, -0.2) is 58.0 Å². The molecule has 0 bridgehead atoms. The van der Waals surface area contributed by atoms with Crippen molar-refractivity contribution in [3.8, 4) is 11.1 Å². The third-order valence-corrected chi connectivity index (χ3v) is 7.89. The molecule has 0 atom stereocenters. The predicted octanol–water partition coefficient (Wildman–Crippen LogP) is 6.07. The SMILES string of the molecule is C=C(NC(=S)C1CCN(C(=O)c2ccccc2-c2ccc(C(F)(F)F)cc2)CC1)C(=O)N(CCCO)Cc1ccccc1. The van der Waals surface area contributed by atoms with E-state index < -0.39 is 11.7 Å². The monoisotopic (exact) mass is 609 g/mol. The number of nitrogens with zero attached hydrogens (tertiary/aromatic N) is 2. The predicted molar refractivity (Wildman–Crippen MR) is 164 cm³/mol. The van der Waals surface area contributed by atoms with Crippen molar-refractivity contribution in [1.82, 2.24) is 15.1 Å². The van der Waals surface area contributed by atoms with Gasteiger partial charge in [0.1, 0.15) is 0 Å². The number of alkyl halides is 3. The minimum absolute atomic E-state index is 0.0387. The Morgan fingerprint density at radius 2 is 1.60 bits per heavy atom. The quantitative estimate of drug-likeness (QED) is 0.216. The number of amides is 2. The maximum Gasteiger partial charge on any atom is 0.416 e. The van der Waals surface area contributed by atoms with Crippen LogP contribution in [0.5, 0.6) is 0 Å². The molecule has 0 radical (unpaired) electrons. The third kappa shape index (κ3) is 8.30. The summed E-state index contributed by atoms with van der Waals surface area (Å²) in [5.74, 6) is -0.561. The second-order valence-corrected chi connectivity index (χ2v) is 10.9. The number of rotatable bonds is 10. The van der Waals surface area contributed by atoms with Gasteiger partial charge in [-0.1, -0.05) is 79.5 Å². The highest BCUT2D eigenvalue weighted by molar-refractivity contribution is 7.80. The lowest BCUT2D eigenvalue weighted by Gasteiger charge is -2.33. The van der Waals surface area contributed by atoms with Gasteiger partial charge in [-0.15, -0.1) is 0 Å². The molecule has 1 heterocycles. The Kier molecular flexibility index (Phi) is 10.7. The van der Waals surface area contributed by atoms with Crippen LogP contribution < -0.4 is 5.32 Å². The number of aliphatic hydroxyl groups excluding tert-OH is 1. The smallest absolute Gasteiger partial charge is 0.396 e. The standard InChI is InChI=1S/C33H34F3N3O3S/c1-23(31(41)39(18-7-21-40)22-24-8-3-2-4-9-24)37-30(43)26-16-19-38(20-17-26)32(42)29-11-6-5-10-28(29)25-12-14-27(15-13-25)33(34,35)36/h2-6,8-15,26,40H,1,7,16-22H2,(H,37,43). The zero-order chi connectivity index (χ0) is 31.0. The fraction of sp³-hybridized carbons (Fsp3) is 0.303. The number of carbonyl (C=O) groups excluding carboxylic acids is 2. The molecule has 226 valence electrons. The zero-order valence-electron chi connectivity index (χ0n) is 23.6. The van der Waals surface area contributed by atoms with Crippen molar-refractivity contribution >= 4 is 29.0 Å². The van der Waals surface area contributed by atoms with Gasteiger partial charge in [-0.3, -0.25) is 9.59 Å². The summed E-state index contributed by atoms with van der Waals surface area (Å²) in [7, 11) is 0. The molecule has 1 aliphatic heterocycles. The van der Waals surface area contributed by atoms with Crippen LogP contribution in [0.15, 0.2) is 91.1 Å². The number of benzene rings is 3. The lowest BCUT2D eigenvalue weighted by Crippen LogP contribution is -2.44. The molecule has 0 saturated carbocycles. The van der Waals surface area contributed by atoms with Crippen LogP contribution in [0.4, 0.5) is 13.2 Å². The maximum atomic E-state index is 13.5.